The van der Waals surface area contributed by atoms with Crippen molar-refractivity contribution in [3.8, 4) is 0 Å². The largest absolute Gasteiger partial charge is 0.353 e. The number of amides is 2. The average Bonchev–Trinajstić information content (AvgIpc) is 2.99. The Labute approximate surface area is 167 Å². The van der Waals surface area contributed by atoms with Crippen LogP contribution in [0.5, 0.6) is 0 Å². The highest BCUT2D eigenvalue weighted by Crippen LogP contribution is 2.23. The first kappa shape index (κ1) is 19.8. The molecule has 0 bridgehead atoms. The molecule has 8 heteroatoms. The van der Waals surface area contributed by atoms with Gasteiger partial charge < -0.3 is 10.6 Å². The van der Waals surface area contributed by atoms with E-state index in [0.29, 0.717) is 21.1 Å². The number of carbonyl (C=O) groups excluding carboxylic acids is 2. The highest BCUT2D eigenvalue weighted by atomic mass is 32.2. The lowest BCUT2D eigenvalue weighted by molar-refractivity contribution is -0.119. The van der Waals surface area contributed by atoms with E-state index in [1.165, 1.54) is 48.8 Å². The summed E-state index contributed by atoms with van der Waals surface area (Å²) in [6.07, 6.45) is 7.04. The van der Waals surface area contributed by atoms with Crippen LogP contribution in [0.4, 0.5) is 5.69 Å². The van der Waals surface area contributed by atoms with Crippen LogP contribution in [-0.4, -0.2) is 33.8 Å². The molecule has 1 heterocycles. The maximum atomic E-state index is 12.3. The quantitative estimate of drug-likeness (QED) is 0.561. The van der Waals surface area contributed by atoms with E-state index in [1.54, 1.807) is 0 Å². The summed E-state index contributed by atoms with van der Waals surface area (Å²) in [5.74, 6) is 0.0314. The van der Waals surface area contributed by atoms with Gasteiger partial charge in [-0.05, 0) is 31.9 Å². The summed E-state index contributed by atoms with van der Waals surface area (Å²) in [5, 5.41) is 14.2. The standard InChI is InChI=1S/C19H24N4O2S2/c1-13-8-10-15(11-9-13)21-17(25)18-22-23-19(27-18)26-12-16(24)20-14-6-4-2-3-5-7-14/h8-11,14H,2-7,12H2,1H3,(H,20,24)(H,21,25). The van der Waals surface area contributed by atoms with Gasteiger partial charge in [-0.3, -0.25) is 9.59 Å². The van der Waals surface area contributed by atoms with Gasteiger partial charge in [0.2, 0.25) is 10.9 Å². The molecule has 6 nitrogen and oxygen atoms in total. The van der Waals surface area contributed by atoms with Crippen molar-refractivity contribution >= 4 is 40.6 Å². The first-order chi connectivity index (χ1) is 13.1. The highest BCUT2D eigenvalue weighted by molar-refractivity contribution is 8.01. The van der Waals surface area contributed by atoms with Crippen molar-refractivity contribution in [1.82, 2.24) is 15.5 Å². The van der Waals surface area contributed by atoms with E-state index in [-0.39, 0.29) is 11.8 Å². The van der Waals surface area contributed by atoms with Gasteiger partial charge in [0, 0.05) is 11.7 Å². The van der Waals surface area contributed by atoms with Crippen LogP contribution < -0.4 is 10.6 Å². The van der Waals surface area contributed by atoms with Gasteiger partial charge in [-0.15, -0.1) is 10.2 Å². The Morgan fingerprint density at radius 2 is 1.81 bits per heavy atom. The molecule has 0 aliphatic heterocycles. The highest BCUT2D eigenvalue weighted by Gasteiger charge is 2.17. The molecule has 0 atom stereocenters. The van der Waals surface area contributed by atoms with Gasteiger partial charge in [0.05, 0.1) is 5.75 Å². The lowest BCUT2D eigenvalue weighted by Gasteiger charge is -2.15. The second-order valence-electron chi connectivity index (χ2n) is 6.74. The first-order valence-electron chi connectivity index (χ1n) is 9.24. The Bertz CT molecular complexity index is 768. The number of aryl methyl sites for hydroxylation is 1. The number of nitrogens with one attached hydrogen (secondary N) is 2. The summed E-state index contributed by atoms with van der Waals surface area (Å²) in [6, 6.07) is 7.86. The van der Waals surface area contributed by atoms with Crippen LogP contribution in [0.15, 0.2) is 28.6 Å². The van der Waals surface area contributed by atoms with E-state index in [1.807, 2.05) is 31.2 Å². The third-order valence-corrected chi connectivity index (χ3v) is 6.51. The predicted molar refractivity (Wildman–Crippen MR) is 109 cm³/mol. The second kappa shape index (κ2) is 9.85. The fraction of sp³-hybridized carbons (Fsp3) is 0.474. The maximum Gasteiger partial charge on any atom is 0.286 e. The minimum absolute atomic E-state index is 0.0211. The lowest BCUT2D eigenvalue weighted by atomic mass is 10.1. The van der Waals surface area contributed by atoms with Crippen molar-refractivity contribution < 1.29 is 9.59 Å². The van der Waals surface area contributed by atoms with Crippen molar-refractivity contribution in [2.24, 2.45) is 0 Å². The van der Waals surface area contributed by atoms with Crippen LogP contribution in [0.25, 0.3) is 0 Å². The number of carbonyl (C=O) groups is 2. The van der Waals surface area contributed by atoms with Gasteiger partial charge in [-0.1, -0.05) is 66.5 Å². The summed E-state index contributed by atoms with van der Waals surface area (Å²) >= 11 is 2.53. The zero-order valence-corrected chi connectivity index (χ0v) is 17.0. The number of anilines is 1. The number of hydrogen-bond donors (Lipinski definition) is 2. The molecule has 0 unspecified atom stereocenters. The summed E-state index contributed by atoms with van der Waals surface area (Å²) in [7, 11) is 0. The molecule has 1 aromatic heterocycles. The summed E-state index contributed by atoms with van der Waals surface area (Å²) in [5.41, 5.74) is 1.85. The van der Waals surface area contributed by atoms with Crippen LogP contribution >= 0.6 is 23.1 Å². The third-order valence-electron chi connectivity index (χ3n) is 4.46. The van der Waals surface area contributed by atoms with Crippen LogP contribution in [0, 0.1) is 6.92 Å². The molecule has 0 saturated heterocycles. The van der Waals surface area contributed by atoms with Crippen molar-refractivity contribution in [3.63, 3.8) is 0 Å². The number of nitrogens with zero attached hydrogens (tertiary/aromatic N) is 2. The van der Waals surface area contributed by atoms with Crippen LogP contribution in [0.1, 0.15) is 53.9 Å². The summed E-state index contributed by atoms with van der Waals surface area (Å²) in [4.78, 5) is 24.4. The Hall–Kier alpha value is -1.93. The van der Waals surface area contributed by atoms with Crippen LogP contribution in [0.2, 0.25) is 0 Å². The molecule has 1 aromatic carbocycles. The molecular formula is C19H24N4O2S2. The van der Waals surface area contributed by atoms with E-state index in [9.17, 15) is 9.59 Å². The third kappa shape index (κ3) is 6.32. The van der Waals surface area contributed by atoms with Crippen molar-refractivity contribution in [2.75, 3.05) is 11.1 Å². The minimum atomic E-state index is -0.286. The fourth-order valence-electron chi connectivity index (χ4n) is 3.00. The summed E-state index contributed by atoms with van der Waals surface area (Å²) in [6.45, 7) is 1.99. The molecule has 1 saturated carbocycles. The molecule has 0 radical (unpaired) electrons. The Morgan fingerprint density at radius 1 is 1.11 bits per heavy atom. The van der Waals surface area contributed by atoms with Crippen molar-refractivity contribution in [2.45, 2.75) is 55.8 Å². The molecule has 2 aromatic rings. The number of rotatable bonds is 6. The van der Waals surface area contributed by atoms with Crippen LogP contribution in [-0.2, 0) is 4.79 Å². The fourth-order valence-corrected chi connectivity index (χ4v) is 4.56. The van der Waals surface area contributed by atoms with E-state index in [2.05, 4.69) is 20.8 Å². The Morgan fingerprint density at radius 3 is 2.52 bits per heavy atom. The smallest absolute Gasteiger partial charge is 0.286 e. The van der Waals surface area contributed by atoms with E-state index in [0.717, 1.165) is 24.1 Å². The molecule has 1 aliphatic carbocycles. The molecule has 2 amide bonds. The molecule has 0 spiro atoms. The van der Waals surface area contributed by atoms with Gasteiger partial charge in [0.1, 0.15) is 0 Å². The van der Waals surface area contributed by atoms with Gasteiger partial charge in [0.25, 0.3) is 5.91 Å². The zero-order valence-electron chi connectivity index (χ0n) is 15.4. The Kier molecular flexibility index (Phi) is 7.23. The van der Waals surface area contributed by atoms with E-state index >= 15 is 0 Å². The number of thioether (sulfide) groups is 1. The topological polar surface area (TPSA) is 84.0 Å². The molecule has 1 aliphatic rings. The monoisotopic (exact) mass is 404 g/mol. The molecule has 2 N–H and O–H groups in total. The summed E-state index contributed by atoms with van der Waals surface area (Å²) < 4.78 is 0.625. The second-order valence-corrected chi connectivity index (χ2v) is 8.94. The van der Waals surface area contributed by atoms with Gasteiger partial charge in [0.15, 0.2) is 4.34 Å². The van der Waals surface area contributed by atoms with Gasteiger partial charge >= 0.3 is 0 Å². The maximum absolute atomic E-state index is 12.3. The SMILES string of the molecule is Cc1ccc(NC(=O)c2nnc(SCC(=O)NC3CCCCCC3)s2)cc1. The number of aromatic nitrogens is 2. The van der Waals surface area contributed by atoms with E-state index in [4.69, 9.17) is 0 Å². The molecule has 27 heavy (non-hydrogen) atoms. The first-order valence-corrected chi connectivity index (χ1v) is 11.0. The van der Waals surface area contributed by atoms with Gasteiger partial charge in [-0.2, -0.15) is 0 Å². The van der Waals surface area contributed by atoms with E-state index < -0.39 is 0 Å². The lowest BCUT2D eigenvalue weighted by Crippen LogP contribution is -2.35. The molecule has 144 valence electrons. The molecular weight excluding hydrogens is 380 g/mol. The average molecular weight is 405 g/mol. The Balaban J connectivity index is 1.46. The zero-order chi connectivity index (χ0) is 19.1. The predicted octanol–water partition coefficient (Wildman–Crippen LogP) is 4.03. The number of benzene rings is 1. The van der Waals surface area contributed by atoms with Gasteiger partial charge in [-0.25, -0.2) is 0 Å². The normalized spacial score (nSPS) is 15.1. The molecule has 1 fully saturated rings. The number of hydrogen-bond acceptors (Lipinski definition) is 6. The molecule has 3 rings (SSSR count). The van der Waals surface area contributed by atoms with Crippen molar-refractivity contribution in [1.29, 1.82) is 0 Å². The minimum Gasteiger partial charge on any atom is -0.353 e. The van der Waals surface area contributed by atoms with Crippen molar-refractivity contribution in [3.05, 3.63) is 34.8 Å². The van der Waals surface area contributed by atoms with Crippen LogP contribution in [0.3, 0.4) is 0 Å².